The van der Waals surface area contributed by atoms with Gasteiger partial charge in [-0.3, -0.25) is 0 Å². The Hall–Kier alpha value is -1.23. The minimum absolute atomic E-state index is 0.775. The van der Waals surface area contributed by atoms with Gasteiger partial charge in [-0.1, -0.05) is 15.9 Å². The van der Waals surface area contributed by atoms with Crippen molar-refractivity contribution in [3.63, 3.8) is 0 Å². The average molecular weight is 237 g/mol. The molecular weight excluding hydrogens is 232 g/mol. The van der Waals surface area contributed by atoms with Gasteiger partial charge < -0.3 is 0 Å². The summed E-state index contributed by atoms with van der Waals surface area (Å²) in [5, 5.41) is 11.5. The van der Waals surface area contributed by atoms with Crippen molar-refractivity contribution in [1.82, 2.24) is 20.2 Å². The zero-order valence-electron chi connectivity index (χ0n) is 6.61. The Kier molecular flexibility index (Phi) is 1.32. The van der Waals surface area contributed by atoms with Crippen molar-refractivity contribution < 1.29 is 0 Å². The molecule has 1 aromatic heterocycles. The zero-order chi connectivity index (χ0) is 8.84. The van der Waals surface area contributed by atoms with Gasteiger partial charge in [0.05, 0.1) is 6.54 Å². The third-order valence-electron chi connectivity index (χ3n) is 2.16. The van der Waals surface area contributed by atoms with E-state index in [-0.39, 0.29) is 0 Å². The fourth-order valence-electron chi connectivity index (χ4n) is 1.58. The highest BCUT2D eigenvalue weighted by atomic mass is 79.9. The molecule has 1 aliphatic rings. The van der Waals surface area contributed by atoms with Gasteiger partial charge in [0.1, 0.15) is 0 Å². The Balaban J connectivity index is 2.29. The van der Waals surface area contributed by atoms with Crippen LogP contribution in [0, 0.1) is 0 Å². The van der Waals surface area contributed by atoms with Gasteiger partial charge in [0.15, 0.2) is 5.82 Å². The fraction of sp³-hybridized carbons (Fsp3) is 0.125. The van der Waals surface area contributed by atoms with Crippen LogP contribution in [0.1, 0.15) is 5.56 Å². The normalized spacial score (nSPS) is 12.7. The lowest BCUT2D eigenvalue weighted by molar-refractivity contribution is 0.670. The lowest BCUT2D eigenvalue weighted by Gasteiger charge is -1.96. The molecule has 0 bridgehead atoms. The molecule has 0 unspecified atom stereocenters. The van der Waals surface area contributed by atoms with E-state index in [4.69, 9.17) is 0 Å². The summed E-state index contributed by atoms with van der Waals surface area (Å²) in [7, 11) is 0. The average Bonchev–Trinajstić information content (AvgIpc) is 2.62. The maximum Gasteiger partial charge on any atom is 0.182 e. The predicted molar refractivity (Wildman–Crippen MR) is 50.1 cm³/mol. The second-order valence-electron chi connectivity index (χ2n) is 2.96. The van der Waals surface area contributed by atoms with E-state index >= 15 is 0 Å². The molecule has 5 heteroatoms. The Morgan fingerprint density at radius 1 is 1.38 bits per heavy atom. The van der Waals surface area contributed by atoms with E-state index in [1.54, 1.807) is 4.68 Å². The van der Waals surface area contributed by atoms with Crippen LogP contribution in [0.2, 0.25) is 0 Å². The predicted octanol–water partition coefficient (Wildman–Crippen LogP) is 1.46. The van der Waals surface area contributed by atoms with Gasteiger partial charge in [0.25, 0.3) is 0 Å². The van der Waals surface area contributed by atoms with Crippen LogP contribution in [0.25, 0.3) is 11.4 Å². The molecule has 0 amide bonds. The van der Waals surface area contributed by atoms with E-state index in [0.717, 1.165) is 22.4 Å². The van der Waals surface area contributed by atoms with Crippen molar-refractivity contribution >= 4 is 15.9 Å². The summed E-state index contributed by atoms with van der Waals surface area (Å²) in [6.45, 7) is 0.775. The number of tetrazole rings is 1. The van der Waals surface area contributed by atoms with Gasteiger partial charge in [0, 0.05) is 10.0 Å². The largest absolute Gasteiger partial charge is 0.221 e. The summed E-state index contributed by atoms with van der Waals surface area (Å²) in [6, 6.07) is 6.13. The number of hydrogen-bond acceptors (Lipinski definition) is 3. The smallest absolute Gasteiger partial charge is 0.182 e. The molecule has 13 heavy (non-hydrogen) atoms. The lowest BCUT2D eigenvalue weighted by Crippen LogP contribution is -1.95. The van der Waals surface area contributed by atoms with Crippen molar-refractivity contribution in [2.24, 2.45) is 0 Å². The van der Waals surface area contributed by atoms with Crippen LogP contribution >= 0.6 is 15.9 Å². The Bertz CT molecular complexity index is 477. The van der Waals surface area contributed by atoms with Crippen LogP contribution in [-0.4, -0.2) is 20.2 Å². The summed E-state index contributed by atoms with van der Waals surface area (Å²) in [6.07, 6.45) is 0. The Labute approximate surface area is 82.7 Å². The van der Waals surface area contributed by atoms with Gasteiger partial charge >= 0.3 is 0 Å². The maximum atomic E-state index is 3.95. The molecule has 0 saturated carbocycles. The molecule has 0 spiro atoms. The first kappa shape index (κ1) is 7.20. The van der Waals surface area contributed by atoms with Gasteiger partial charge in [-0.15, -0.1) is 5.10 Å². The molecule has 0 fully saturated rings. The van der Waals surface area contributed by atoms with Crippen LogP contribution < -0.4 is 0 Å². The molecule has 1 aromatic carbocycles. The SMILES string of the molecule is Brc1ccc2c(c1)Cn1nnnc1-2. The van der Waals surface area contributed by atoms with E-state index in [1.807, 2.05) is 12.1 Å². The van der Waals surface area contributed by atoms with Gasteiger partial charge in [-0.2, -0.15) is 0 Å². The minimum Gasteiger partial charge on any atom is -0.221 e. The summed E-state index contributed by atoms with van der Waals surface area (Å²) in [4.78, 5) is 0. The van der Waals surface area contributed by atoms with Crippen LogP contribution in [0.15, 0.2) is 22.7 Å². The van der Waals surface area contributed by atoms with Crippen LogP contribution in [0.5, 0.6) is 0 Å². The maximum absolute atomic E-state index is 3.95. The number of halogens is 1. The highest BCUT2D eigenvalue weighted by molar-refractivity contribution is 9.10. The highest BCUT2D eigenvalue weighted by Gasteiger charge is 2.20. The van der Waals surface area contributed by atoms with Crippen molar-refractivity contribution in [2.75, 3.05) is 0 Å². The van der Waals surface area contributed by atoms with Crippen molar-refractivity contribution in [2.45, 2.75) is 6.54 Å². The number of hydrogen-bond donors (Lipinski definition) is 0. The standard InChI is InChI=1S/C8H5BrN4/c9-6-1-2-7-5(3-6)4-13-8(7)10-11-12-13/h1-3H,4H2. The second-order valence-corrected chi connectivity index (χ2v) is 3.88. The quantitative estimate of drug-likeness (QED) is 0.594. The third-order valence-corrected chi connectivity index (χ3v) is 2.65. The molecule has 0 aliphatic carbocycles. The Morgan fingerprint density at radius 2 is 2.31 bits per heavy atom. The summed E-state index contributed by atoms with van der Waals surface area (Å²) >= 11 is 3.43. The van der Waals surface area contributed by atoms with E-state index in [9.17, 15) is 0 Å². The third kappa shape index (κ3) is 0.935. The molecule has 0 atom stereocenters. The summed E-state index contributed by atoms with van der Waals surface area (Å²) in [5.41, 5.74) is 2.37. The highest BCUT2D eigenvalue weighted by Crippen LogP contribution is 2.30. The number of fused-ring (bicyclic) bond motifs is 3. The fourth-order valence-corrected chi connectivity index (χ4v) is 1.99. The number of rotatable bonds is 0. The van der Waals surface area contributed by atoms with E-state index in [2.05, 4.69) is 37.5 Å². The molecule has 3 rings (SSSR count). The van der Waals surface area contributed by atoms with Gasteiger partial charge in [-0.25, -0.2) is 4.68 Å². The second kappa shape index (κ2) is 2.38. The van der Waals surface area contributed by atoms with Gasteiger partial charge in [-0.05, 0) is 34.2 Å². The molecule has 0 radical (unpaired) electrons. The topological polar surface area (TPSA) is 43.6 Å². The van der Waals surface area contributed by atoms with E-state index in [1.165, 1.54) is 5.56 Å². The van der Waals surface area contributed by atoms with Crippen molar-refractivity contribution in [3.05, 3.63) is 28.2 Å². The van der Waals surface area contributed by atoms with E-state index in [0.29, 0.717) is 0 Å². The minimum atomic E-state index is 0.775. The molecule has 4 nitrogen and oxygen atoms in total. The first-order valence-electron chi connectivity index (χ1n) is 3.89. The lowest BCUT2D eigenvalue weighted by atomic mass is 10.1. The number of benzene rings is 1. The molecule has 2 aromatic rings. The summed E-state index contributed by atoms with van der Waals surface area (Å²) in [5.74, 6) is 0.863. The van der Waals surface area contributed by atoms with Crippen LogP contribution in [0.3, 0.4) is 0 Å². The molecule has 64 valence electrons. The van der Waals surface area contributed by atoms with Gasteiger partial charge in [0.2, 0.25) is 0 Å². The monoisotopic (exact) mass is 236 g/mol. The van der Waals surface area contributed by atoms with Crippen molar-refractivity contribution in [3.8, 4) is 11.4 Å². The zero-order valence-corrected chi connectivity index (χ0v) is 8.19. The summed E-state index contributed by atoms with van der Waals surface area (Å²) < 4.78 is 2.89. The number of aromatic nitrogens is 4. The molecule has 0 saturated heterocycles. The Morgan fingerprint density at radius 3 is 3.23 bits per heavy atom. The molecular formula is C8H5BrN4. The first-order valence-corrected chi connectivity index (χ1v) is 4.69. The van der Waals surface area contributed by atoms with Crippen LogP contribution in [-0.2, 0) is 6.54 Å². The molecule has 2 heterocycles. The van der Waals surface area contributed by atoms with E-state index < -0.39 is 0 Å². The molecule has 1 aliphatic heterocycles. The van der Waals surface area contributed by atoms with Crippen LogP contribution in [0.4, 0.5) is 0 Å². The number of nitrogens with zero attached hydrogens (tertiary/aromatic N) is 4. The van der Waals surface area contributed by atoms with Crippen molar-refractivity contribution in [1.29, 1.82) is 0 Å². The first-order chi connectivity index (χ1) is 6.34. The molecule has 0 N–H and O–H groups in total.